The Morgan fingerprint density at radius 3 is 2.86 bits per heavy atom. The predicted molar refractivity (Wildman–Crippen MR) is 81.3 cm³/mol. The van der Waals surface area contributed by atoms with E-state index in [0.29, 0.717) is 18.8 Å². The third-order valence-corrected chi connectivity index (χ3v) is 4.02. The van der Waals surface area contributed by atoms with E-state index in [9.17, 15) is 13.6 Å². The van der Waals surface area contributed by atoms with Crippen molar-refractivity contribution in [3.05, 3.63) is 24.3 Å². The standard InChI is InChI=1S/C16H22F2N2O2/c1-3-11(2)15(21)19-12-8-9-20(10-12)13-6-4-5-7-14(13)22-16(17)18/h4-7,11-12,16H,3,8-10H2,1-2H3,(H,19,21)/t11-,12+/m1/s1. The van der Waals surface area contributed by atoms with E-state index < -0.39 is 6.61 Å². The highest BCUT2D eigenvalue weighted by Gasteiger charge is 2.27. The van der Waals surface area contributed by atoms with E-state index in [2.05, 4.69) is 10.1 Å². The van der Waals surface area contributed by atoms with Gasteiger partial charge in [0.25, 0.3) is 0 Å². The van der Waals surface area contributed by atoms with Crippen LogP contribution in [0.5, 0.6) is 5.75 Å². The molecule has 0 bridgehead atoms. The van der Waals surface area contributed by atoms with Gasteiger partial charge in [0.15, 0.2) is 0 Å². The van der Waals surface area contributed by atoms with Crippen LogP contribution in [0, 0.1) is 5.92 Å². The fraction of sp³-hybridized carbons (Fsp3) is 0.562. The van der Waals surface area contributed by atoms with Crippen LogP contribution in [0.1, 0.15) is 26.7 Å². The molecule has 0 saturated carbocycles. The summed E-state index contributed by atoms with van der Waals surface area (Å²) in [6.45, 7) is 2.34. The van der Waals surface area contributed by atoms with Gasteiger partial charge in [-0.1, -0.05) is 26.0 Å². The van der Waals surface area contributed by atoms with Gasteiger partial charge in [-0.3, -0.25) is 4.79 Å². The van der Waals surface area contributed by atoms with E-state index in [1.165, 1.54) is 6.07 Å². The Morgan fingerprint density at radius 1 is 1.45 bits per heavy atom. The van der Waals surface area contributed by atoms with E-state index in [0.717, 1.165) is 12.8 Å². The third-order valence-electron chi connectivity index (χ3n) is 4.02. The number of alkyl halides is 2. The van der Waals surface area contributed by atoms with Crippen molar-refractivity contribution < 1.29 is 18.3 Å². The van der Waals surface area contributed by atoms with E-state index in [-0.39, 0.29) is 23.6 Å². The molecule has 22 heavy (non-hydrogen) atoms. The number of hydrogen-bond donors (Lipinski definition) is 1. The fourth-order valence-corrected chi connectivity index (χ4v) is 2.54. The number of ether oxygens (including phenoxy) is 1. The lowest BCUT2D eigenvalue weighted by atomic mass is 10.1. The summed E-state index contributed by atoms with van der Waals surface area (Å²) in [5, 5.41) is 3.02. The number of rotatable bonds is 6. The fourth-order valence-electron chi connectivity index (χ4n) is 2.54. The first-order valence-electron chi connectivity index (χ1n) is 7.60. The molecule has 1 amide bonds. The topological polar surface area (TPSA) is 41.6 Å². The van der Waals surface area contributed by atoms with Crippen LogP contribution in [0.25, 0.3) is 0 Å². The summed E-state index contributed by atoms with van der Waals surface area (Å²) in [4.78, 5) is 13.9. The summed E-state index contributed by atoms with van der Waals surface area (Å²) < 4.78 is 29.5. The van der Waals surface area contributed by atoms with Gasteiger partial charge in [-0.05, 0) is 25.0 Å². The second kappa shape index (κ2) is 7.42. The lowest BCUT2D eigenvalue weighted by Gasteiger charge is -2.22. The summed E-state index contributed by atoms with van der Waals surface area (Å²) in [7, 11) is 0. The lowest BCUT2D eigenvalue weighted by Crippen LogP contribution is -2.39. The highest BCUT2D eigenvalue weighted by Crippen LogP contribution is 2.31. The Bertz CT molecular complexity index is 511. The molecular weight excluding hydrogens is 290 g/mol. The van der Waals surface area contributed by atoms with Crippen molar-refractivity contribution in [3.63, 3.8) is 0 Å². The molecule has 0 spiro atoms. The van der Waals surface area contributed by atoms with Crippen molar-refractivity contribution in [3.8, 4) is 5.75 Å². The largest absolute Gasteiger partial charge is 0.433 e. The number of nitrogens with zero attached hydrogens (tertiary/aromatic N) is 1. The molecule has 1 aromatic rings. The van der Waals surface area contributed by atoms with E-state index >= 15 is 0 Å². The first kappa shape index (κ1) is 16.5. The summed E-state index contributed by atoms with van der Waals surface area (Å²) in [6, 6.07) is 6.79. The molecule has 1 aromatic carbocycles. The Labute approximate surface area is 129 Å². The van der Waals surface area contributed by atoms with Gasteiger partial charge in [0, 0.05) is 25.0 Å². The minimum atomic E-state index is -2.84. The van der Waals surface area contributed by atoms with Crippen molar-refractivity contribution in [1.82, 2.24) is 5.32 Å². The quantitative estimate of drug-likeness (QED) is 0.878. The van der Waals surface area contributed by atoms with Gasteiger partial charge in [-0.2, -0.15) is 8.78 Å². The first-order valence-corrected chi connectivity index (χ1v) is 7.60. The van der Waals surface area contributed by atoms with Gasteiger partial charge in [0.1, 0.15) is 5.75 Å². The molecule has 1 aliphatic rings. The van der Waals surface area contributed by atoms with Crippen LogP contribution in [0.2, 0.25) is 0 Å². The van der Waals surface area contributed by atoms with Crippen LogP contribution in [0.4, 0.5) is 14.5 Å². The molecule has 0 unspecified atom stereocenters. The van der Waals surface area contributed by atoms with Gasteiger partial charge in [0.2, 0.25) is 5.91 Å². The number of hydrogen-bond acceptors (Lipinski definition) is 3. The molecule has 0 radical (unpaired) electrons. The molecule has 6 heteroatoms. The minimum Gasteiger partial charge on any atom is -0.433 e. The molecule has 122 valence electrons. The average molecular weight is 312 g/mol. The van der Waals surface area contributed by atoms with Gasteiger partial charge in [0.05, 0.1) is 5.69 Å². The second-order valence-electron chi connectivity index (χ2n) is 5.60. The van der Waals surface area contributed by atoms with Crippen LogP contribution in [0.3, 0.4) is 0 Å². The Balaban J connectivity index is 2.00. The van der Waals surface area contributed by atoms with Crippen molar-refractivity contribution in [2.45, 2.75) is 39.3 Å². The molecule has 4 nitrogen and oxygen atoms in total. The van der Waals surface area contributed by atoms with E-state index in [1.54, 1.807) is 18.2 Å². The van der Waals surface area contributed by atoms with Gasteiger partial charge >= 0.3 is 6.61 Å². The number of carbonyl (C=O) groups excluding carboxylic acids is 1. The number of benzene rings is 1. The zero-order valence-corrected chi connectivity index (χ0v) is 12.9. The lowest BCUT2D eigenvalue weighted by molar-refractivity contribution is -0.125. The summed E-state index contributed by atoms with van der Waals surface area (Å²) in [5.74, 6) is 0.210. The molecule has 1 aliphatic heterocycles. The SMILES string of the molecule is CC[C@@H](C)C(=O)N[C@H]1CCN(c2ccccc2OC(F)F)C1. The van der Waals surface area contributed by atoms with Crippen molar-refractivity contribution in [1.29, 1.82) is 0 Å². The molecule has 1 saturated heterocycles. The van der Waals surface area contributed by atoms with Crippen molar-refractivity contribution in [2.24, 2.45) is 5.92 Å². The number of anilines is 1. The zero-order valence-electron chi connectivity index (χ0n) is 12.9. The maximum absolute atomic E-state index is 12.5. The smallest absolute Gasteiger partial charge is 0.387 e. The molecule has 1 N–H and O–H groups in total. The monoisotopic (exact) mass is 312 g/mol. The van der Waals surface area contributed by atoms with Crippen LogP contribution >= 0.6 is 0 Å². The van der Waals surface area contributed by atoms with Crippen molar-refractivity contribution in [2.75, 3.05) is 18.0 Å². The molecule has 0 aliphatic carbocycles. The third kappa shape index (κ3) is 4.08. The van der Waals surface area contributed by atoms with Crippen LogP contribution in [0.15, 0.2) is 24.3 Å². The summed E-state index contributed by atoms with van der Waals surface area (Å²) in [5.41, 5.74) is 0.642. The van der Waals surface area contributed by atoms with Crippen LogP contribution in [-0.2, 0) is 4.79 Å². The molecular formula is C16H22F2N2O2. The Hall–Kier alpha value is -1.85. The molecule has 2 rings (SSSR count). The maximum atomic E-state index is 12.5. The normalized spacial score (nSPS) is 19.3. The van der Waals surface area contributed by atoms with E-state index in [1.807, 2.05) is 18.7 Å². The number of nitrogens with one attached hydrogen (secondary N) is 1. The number of halogens is 2. The highest BCUT2D eigenvalue weighted by atomic mass is 19.3. The highest BCUT2D eigenvalue weighted by molar-refractivity contribution is 5.78. The van der Waals surface area contributed by atoms with Crippen LogP contribution in [-0.4, -0.2) is 31.7 Å². The Morgan fingerprint density at radius 2 is 2.18 bits per heavy atom. The molecule has 1 heterocycles. The number of carbonyl (C=O) groups is 1. The summed E-state index contributed by atoms with van der Waals surface area (Å²) >= 11 is 0. The van der Waals surface area contributed by atoms with Crippen LogP contribution < -0.4 is 15.0 Å². The van der Waals surface area contributed by atoms with Gasteiger partial charge in [-0.15, -0.1) is 0 Å². The van der Waals surface area contributed by atoms with Gasteiger partial charge < -0.3 is 15.0 Å². The minimum absolute atomic E-state index is 0.0106. The zero-order chi connectivity index (χ0) is 16.1. The second-order valence-corrected chi connectivity index (χ2v) is 5.60. The van der Waals surface area contributed by atoms with Gasteiger partial charge in [-0.25, -0.2) is 0 Å². The van der Waals surface area contributed by atoms with Crippen molar-refractivity contribution >= 4 is 11.6 Å². The molecule has 2 atom stereocenters. The summed E-state index contributed by atoms with van der Waals surface area (Å²) in [6.07, 6.45) is 1.60. The number of para-hydroxylation sites is 2. The first-order chi connectivity index (χ1) is 10.5. The van der Waals surface area contributed by atoms with E-state index in [4.69, 9.17) is 0 Å². The Kier molecular flexibility index (Phi) is 5.57. The molecule has 1 fully saturated rings. The maximum Gasteiger partial charge on any atom is 0.387 e. The number of amides is 1. The molecule has 0 aromatic heterocycles. The predicted octanol–water partition coefficient (Wildman–Crippen LogP) is 3.03. The average Bonchev–Trinajstić information content (AvgIpc) is 2.94.